The Labute approximate surface area is 118 Å². The second-order valence-electron chi connectivity index (χ2n) is 4.88. The minimum absolute atomic E-state index is 0.0971. The molecule has 0 spiro atoms. The largest absolute Gasteiger partial charge is 0.294 e. The van der Waals surface area contributed by atoms with Gasteiger partial charge >= 0.3 is 0 Å². The summed E-state index contributed by atoms with van der Waals surface area (Å²) in [5.74, 6) is -0.453. The van der Waals surface area contributed by atoms with Crippen molar-refractivity contribution in [2.45, 2.75) is 31.1 Å². The molecular weight excluding hydrogens is 276 g/mol. The second-order valence-corrected chi connectivity index (χ2v) is 6.99. The number of benzene rings is 1. The van der Waals surface area contributed by atoms with Crippen molar-refractivity contribution >= 4 is 21.4 Å². The molecule has 0 atom stereocenters. The van der Waals surface area contributed by atoms with E-state index in [1.807, 2.05) is 6.92 Å². The molecule has 0 heterocycles. The highest BCUT2D eigenvalue weighted by Gasteiger charge is 2.25. The lowest BCUT2D eigenvalue weighted by atomic mass is 10.2. The maximum Gasteiger partial charge on any atom is 0.178 e. The van der Waals surface area contributed by atoms with Crippen LogP contribution in [-0.4, -0.2) is 25.7 Å². The standard InChI is InChI=1S/C15H16O4S/c1-11-4-6-12(7-5-11)20(18,19)10-2-3-13-14(16)8-9-15(13)17/h3-7H,2,8-10H2,1H3. The van der Waals surface area contributed by atoms with Crippen molar-refractivity contribution in [3.05, 3.63) is 41.5 Å². The highest BCUT2D eigenvalue weighted by molar-refractivity contribution is 7.91. The Morgan fingerprint density at radius 1 is 1.05 bits per heavy atom. The van der Waals surface area contributed by atoms with E-state index < -0.39 is 9.84 Å². The number of Topliss-reactive ketones (excluding diaryl/α,β-unsaturated/α-hetero) is 2. The molecule has 20 heavy (non-hydrogen) atoms. The predicted molar refractivity (Wildman–Crippen MR) is 75.2 cm³/mol. The number of ketones is 2. The molecule has 4 nitrogen and oxygen atoms in total. The lowest BCUT2D eigenvalue weighted by Gasteiger charge is -2.03. The van der Waals surface area contributed by atoms with Crippen molar-refractivity contribution in [3.63, 3.8) is 0 Å². The average Bonchev–Trinajstić information content (AvgIpc) is 2.71. The van der Waals surface area contributed by atoms with Crippen LogP contribution in [0.5, 0.6) is 0 Å². The van der Waals surface area contributed by atoms with E-state index in [9.17, 15) is 18.0 Å². The van der Waals surface area contributed by atoms with Crippen LogP contribution in [0.1, 0.15) is 24.8 Å². The Kier molecular flexibility index (Phi) is 4.18. The number of carbonyl (C=O) groups is 2. The van der Waals surface area contributed by atoms with Crippen molar-refractivity contribution in [2.75, 3.05) is 5.75 Å². The van der Waals surface area contributed by atoms with Crippen LogP contribution >= 0.6 is 0 Å². The molecule has 0 amide bonds. The Bertz CT molecular complexity index is 648. The first-order chi connectivity index (χ1) is 9.40. The molecule has 1 aliphatic rings. The molecule has 0 N–H and O–H groups in total. The van der Waals surface area contributed by atoms with Gasteiger partial charge in [-0.15, -0.1) is 0 Å². The molecule has 0 bridgehead atoms. The third-order valence-corrected chi connectivity index (χ3v) is 5.06. The molecule has 0 radical (unpaired) electrons. The van der Waals surface area contributed by atoms with E-state index in [2.05, 4.69) is 0 Å². The van der Waals surface area contributed by atoms with E-state index in [1.54, 1.807) is 24.3 Å². The molecule has 1 aliphatic carbocycles. The van der Waals surface area contributed by atoms with Gasteiger partial charge in [0.15, 0.2) is 21.4 Å². The number of aryl methyl sites for hydroxylation is 1. The molecule has 5 heteroatoms. The first-order valence-corrected chi connectivity index (χ1v) is 8.11. The lowest BCUT2D eigenvalue weighted by molar-refractivity contribution is -0.116. The summed E-state index contributed by atoms with van der Waals surface area (Å²) in [6.45, 7) is 1.89. The Morgan fingerprint density at radius 3 is 2.15 bits per heavy atom. The highest BCUT2D eigenvalue weighted by Crippen LogP contribution is 2.18. The topological polar surface area (TPSA) is 68.3 Å². The SMILES string of the molecule is Cc1ccc(S(=O)(=O)CCC=C2C(=O)CCC2=O)cc1. The maximum atomic E-state index is 12.1. The third-order valence-electron chi connectivity index (χ3n) is 3.30. The zero-order chi connectivity index (χ0) is 14.8. The molecule has 1 fully saturated rings. The monoisotopic (exact) mass is 292 g/mol. The van der Waals surface area contributed by atoms with Crippen molar-refractivity contribution in [3.8, 4) is 0 Å². The minimum atomic E-state index is -3.37. The first-order valence-electron chi connectivity index (χ1n) is 6.46. The Balaban J connectivity index is 2.07. The summed E-state index contributed by atoms with van der Waals surface area (Å²) in [6, 6.07) is 6.64. The van der Waals surface area contributed by atoms with Gasteiger partial charge in [-0.2, -0.15) is 0 Å². The van der Waals surface area contributed by atoms with Crippen LogP contribution in [0.3, 0.4) is 0 Å². The van der Waals surface area contributed by atoms with Crippen LogP contribution in [-0.2, 0) is 19.4 Å². The normalized spacial score (nSPS) is 15.8. The fourth-order valence-corrected chi connectivity index (χ4v) is 3.32. The van der Waals surface area contributed by atoms with Gasteiger partial charge in [0.25, 0.3) is 0 Å². The van der Waals surface area contributed by atoms with Gasteiger partial charge in [0.1, 0.15) is 0 Å². The van der Waals surface area contributed by atoms with Crippen molar-refractivity contribution < 1.29 is 18.0 Å². The van der Waals surface area contributed by atoms with E-state index in [-0.39, 0.29) is 47.1 Å². The molecular formula is C15H16O4S. The van der Waals surface area contributed by atoms with E-state index in [0.717, 1.165) is 5.56 Å². The van der Waals surface area contributed by atoms with E-state index >= 15 is 0 Å². The van der Waals surface area contributed by atoms with E-state index in [4.69, 9.17) is 0 Å². The van der Waals surface area contributed by atoms with Gasteiger partial charge in [-0.1, -0.05) is 23.8 Å². The number of hydrogen-bond acceptors (Lipinski definition) is 4. The predicted octanol–water partition coefficient (Wildman–Crippen LogP) is 2.02. The van der Waals surface area contributed by atoms with Crippen molar-refractivity contribution in [2.24, 2.45) is 0 Å². The van der Waals surface area contributed by atoms with Crippen LogP contribution in [0.15, 0.2) is 40.8 Å². The minimum Gasteiger partial charge on any atom is -0.294 e. The zero-order valence-electron chi connectivity index (χ0n) is 11.3. The number of rotatable bonds is 4. The average molecular weight is 292 g/mol. The van der Waals surface area contributed by atoms with Gasteiger partial charge < -0.3 is 0 Å². The van der Waals surface area contributed by atoms with Gasteiger partial charge in [0.2, 0.25) is 0 Å². The van der Waals surface area contributed by atoms with Crippen LogP contribution in [0.4, 0.5) is 0 Å². The summed E-state index contributed by atoms with van der Waals surface area (Å²) in [5.41, 5.74) is 1.16. The number of allylic oxidation sites excluding steroid dienone is 2. The van der Waals surface area contributed by atoms with Gasteiger partial charge in [0, 0.05) is 12.8 Å². The quantitative estimate of drug-likeness (QED) is 0.629. The number of sulfone groups is 1. The molecule has 0 saturated heterocycles. The number of carbonyl (C=O) groups excluding carboxylic acids is 2. The molecule has 1 aromatic carbocycles. The zero-order valence-corrected chi connectivity index (χ0v) is 12.1. The molecule has 0 aromatic heterocycles. The van der Waals surface area contributed by atoms with Gasteiger partial charge in [0.05, 0.1) is 16.2 Å². The van der Waals surface area contributed by atoms with Gasteiger partial charge in [-0.3, -0.25) is 9.59 Å². The van der Waals surface area contributed by atoms with E-state index in [1.165, 1.54) is 6.08 Å². The second kappa shape index (κ2) is 5.71. The van der Waals surface area contributed by atoms with Gasteiger partial charge in [-0.05, 0) is 25.5 Å². The summed E-state index contributed by atoms with van der Waals surface area (Å²) in [6.07, 6.45) is 2.14. The molecule has 106 valence electrons. The fourth-order valence-electron chi connectivity index (χ4n) is 2.10. The van der Waals surface area contributed by atoms with Crippen molar-refractivity contribution in [1.29, 1.82) is 0 Å². The Morgan fingerprint density at radius 2 is 1.60 bits per heavy atom. The Hall–Kier alpha value is -1.75. The van der Waals surface area contributed by atoms with E-state index in [0.29, 0.717) is 0 Å². The smallest absolute Gasteiger partial charge is 0.178 e. The summed E-state index contributed by atoms with van der Waals surface area (Å²) in [4.78, 5) is 23.1. The molecule has 2 rings (SSSR count). The van der Waals surface area contributed by atoms with Gasteiger partial charge in [-0.25, -0.2) is 8.42 Å². The molecule has 1 aromatic rings. The molecule has 0 aliphatic heterocycles. The first kappa shape index (κ1) is 14.7. The van der Waals surface area contributed by atoms with Crippen LogP contribution in [0, 0.1) is 6.92 Å². The van der Waals surface area contributed by atoms with Crippen LogP contribution < -0.4 is 0 Å². The lowest BCUT2D eigenvalue weighted by Crippen LogP contribution is -2.07. The van der Waals surface area contributed by atoms with Crippen molar-refractivity contribution in [1.82, 2.24) is 0 Å². The molecule has 0 unspecified atom stereocenters. The number of hydrogen-bond donors (Lipinski definition) is 0. The maximum absolute atomic E-state index is 12.1. The van der Waals surface area contributed by atoms with Crippen LogP contribution in [0.2, 0.25) is 0 Å². The summed E-state index contributed by atoms with van der Waals surface area (Å²) in [7, 11) is -3.37. The van der Waals surface area contributed by atoms with Crippen LogP contribution in [0.25, 0.3) is 0 Å². The summed E-state index contributed by atoms with van der Waals surface area (Å²) >= 11 is 0. The third kappa shape index (κ3) is 3.22. The summed E-state index contributed by atoms with van der Waals surface area (Å²) in [5, 5.41) is 0. The molecule has 1 saturated carbocycles. The summed E-state index contributed by atoms with van der Waals surface area (Å²) < 4.78 is 24.2. The highest BCUT2D eigenvalue weighted by atomic mass is 32.2. The fraction of sp³-hybridized carbons (Fsp3) is 0.333.